The van der Waals surface area contributed by atoms with Crippen LogP contribution in [0.2, 0.25) is 0 Å². The summed E-state index contributed by atoms with van der Waals surface area (Å²) < 4.78 is 106. The Morgan fingerprint density at radius 2 is 1.30 bits per heavy atom. The van der Waals surface area contributed by atoms with E-state index in [9.17, 15) is 39.5 Å². The third-order valence-electron chi connectivity index (χ3n) is 6.01. The largest absolute Gasteiger partial charge is 0.490 e. The van der Waals surface area contributed by atoms with Gasteiger partial charge in [-0.15, -0.1) is 0 Å². The highest BCUT2D eigenvalue weighted by molar-refractivity contribution is 5.73. The zero-order chi connectivity index (χ0) is 34.4. The third-order valence-corrected chi connectivity index (χ3v) is 6.01. The maximum Gasteiger partial charge on any atom is 0.490 e. The van der Waals surface area contributed by atoms with Crippen molar-refractivity contribution in [2.24, 2.45) is 5.41 Å². The number of ether oxygens (including phenoxy) is 1. The van der Waals surface area contributed by atoms with Gasteiger partial charge in [0.1, 0.15) is 0 Å². The van der Waals surface area contributed by atoms with Crippen LogP contribution in [0.1, 0.15) is 18.4 Å². The number of furan rings is 1. The third kappa shape index (κ3) is 17.9. The van der Waals surface area contributed by atoms with E-state index in [0.717, 1.165) is 52.5 Å². The molecule has 0 aliphatic carbocycles. The molecule has 1 aromatic rings. The SMILES string of the molecule is CN(C)CCN1CCOCC2(CCN(Cc3ccoc3)CC2)C1.O=C(O)C(F)(F)F.O=C(O)C(F)(F)F.O=C(O)C(F)(F)F. The van der Waals surface area contributed by atoms with Crippen LogP contribution in [-0.2, 0) is 25.7 Å². The minimum absolute atomic E-state index is 0.357. The predicted molar refractivity (Wildman–Crippen MR) is 133 cm³/mol. The lowest BCUT2D eigenvalue weighted by Crippen LogP contribution is -2.47. The molecular weight excluding hydrogens is 629 g/mol. The maximum atomic E-state index is 10.6. The summed E-state index contributed by atoms with van der Waals surface area (Å²) >= 11 is 0. The van der Waals surface area contributed by atoms with Gasteiger partial charge in [-0.2, -0.15) is 39.5 Å². The summed E-state index contributed by atoms with van der Waals surface area (Å²) in [4.78, 5) is 34.1. The van der Waals surface area contributed by atoms with Gasteiger partial charge in [0.25, 0.3) is 0 Å². The molecular formula is C24H34F9N3O8. The monoisotopic (exact) mass is 663 g/mol. The van der Waals surface area contributed by atoms with Crippen LogP contribution in [0.25, 0.3) is 0 Å². The molecule has 0 saturated carbocycles. The summed E-state index contributed by atoms with van der Waals surface area (Å²) in [5.41, 5.74) is 1.64. The minimum atomic E-state index is -5.08. The number of carboxylic acids is 3. The number of alkyl halides is 9. The molecule has 2 aliphatic rings. The predicted octanol–water partition coefficient (Wildman–Crippen LogP) is 3.66. The highest BCUT2D eigenvalue weighted by atomic mass is 19.4. The first-order valence-corrected chi connectivity index (χ1v) is 12.6. The number of likely N-dealkylation sites (N-methyl/N-ethyl adjacent to an activating group) is 1. The van der Waals surface area contributed by atoms with Crippen molar-refractivity contribution in [2.75, 3.05) is 66.6 Å². The van der Waals surface area contributed by atoms with Gasteiger partial charge >= 0.3 is 36.4 Å². The standard InChI is InChI=1S/C18H31N3O2.3C2HF3O2/c1-19(2)8-9-21-10-12-23-16-18(15-21)4-6-20(7-5-18)13-17-3-11-22-14-17;3*3-2(4,5)1(6)7/h3,11,14H,4-10,12-13,15-16H2,1-2H3;3*(H,6,7). The molecule has 3 rings (SSSR count). The van der Waals surface area contributed by atoms with Crippen molar-refractivity contribution < 1.29 is 78.4 Å². The molecule has 20 heteroatoms. The smallest absolute Gasteiger partial charge is 0.475 e. The Bertz CT molecular complexity index is 935. The van der Waals surface area contributed by atoms with E-state index in [-0.39, 0.29) is 0 Å². The molecule has 0 aromatic carbocycles. The number of likely N-dealkylation sites (tertiary alicyclic amines) is 1. The van der Waals surface area contributed by atoms with Crippen LogP contribution in [0.5, 0.6) is 0 Å². The van der Waals surface area contributed by atoms with Gasteiger partial charge in [-0.25, -0.2) is 14.4 Å². The van der Waals surface area contributed by atoms with E-state index in [1.165, 1.54) is 24.9 Å². The fourth-order valence-electron chi connectivity index (χ4n) is 3.74. The van der Waals surface area contributed by atoms with E-state index in [2.05, 4.69) is 34.9 Å². The molecule has 0 atom stereocenters. The molecule has 0 bridgehead atoms. The van der Waals surface area contributed by atoms with Gasteiger partial charge in [0.05, 0.1) is 25.7 Å². The lowest BCUT2D eigenvalue weighted by atomic mass is 9.78. The first-order chi connectivity index (χ1) is 20.0. The van der Waals surface area contributed by atoms with Crippen molar-refractivity contribution in [3.8, 4) is 0 Å². The Kier molecular flexibility index (Phi) is 16.7. The lowest BCUT2D eigenvalue weighted by Gasteiger charge is -2.42. The lowest BCUT2D eigenvalue weighted by molar-refractivity contribution is -0.193. The zero-order valence-electron chi connectivity index (χ0n) is 23.6. The van der Waals surface area contributed by atoms with E-state index in [1.807, 2.05) is 6.26 Å². The Balaban J connectivity index is 0.000000721. The van der Waals surface area contributed by atoms with Crippen LogP contribution in [-0.4, -0.2) is 133 Å². The number of aliphatic carboxylic acids is 3. The molecule has 2 fully saturated rings. The highest BCUT2D eigenvalue weighted by Gasteiger charge is 2.40. The van der Waals surface area contributed by atoms with Crippen LogP contribution < -0.4 is 0 Å². The summed E-state index contributed by atoms with van der Waals surface area (Å²) in [6, 6.07) is 2.07. The van der Waals surface area contributed by atoms with E-state index in [1.54, 1.807) is 6.26 Å². The quantitative estimate of drug-likeness (QED) is 0.397. The number of nitrogens with zero attached hydrogens (tertiary/aromatic N) is 3. The first-order valence-electron chi connectivity index (χ1n) is 12.6. The molecule has 2 aliphatic heterocycles. The number of carbonyl (C=O) groups is 3. The van der Waals surface area contributed by atoms with Crippen LogP contribution in [0, 0.1) is 5.41 Å². The van der Waals surface area contributed by atoms with Gasteiger partial charge in [-0.1, -0.05) is 0 Å². The number of carboxylic acid groups (broad SMARTS) is 3. The zero-order valence-corrected chi connectivity index (χ0v) is 23.6. The number of rotatable bonds is 5. The number of piperidine rings is 1. The first kappa shape index (κ1) is 40.9. The second-order valence-electron chi connectivity index (χ2n) is 9.95. The van der Waals surface area contributed by atoms with E-state index in [4.69, 9.17) is 38.9 Å². The van der Waals surface area contributed by atoms with E-state index < -0.39 is 36.4 Å². The molecule has 1 spiro atoms. The highest BCUT2D eigenvalue weighted by Crippen LogP contribution is 2.34. The van der Waals surface area contributed by atoms with Crippen LogP contribution >= 0.6 is 0 Å². The van der Waals surface area contributed by atoms with Crippen molar-refractivity contribution in [1.29, 1.82) is 0 Å². The van der Waals surface area contributed by atoms with Crippen LogP contribution in [0.3, 0.4) is 0 Å². The summed E-state index contributed by atoms with van der Waals surface area (Å²) in [5, 5.41) is 21.4. The maximum absolute atomic E-state index is 10.6. The van der Waals surface area contributed by atoms with Crippen molar-refractivity contribution in [2.45, 2.75) is 37.9 Å². The molecule has 3 heterocycles. The van der Waals surface area contributed by atoms with Gasteiger partial charge in [-0.3, -0.25) is 9.80 Å². The average molecular weight is 664 g/mol. The Morgan fingerprint density at radius 3 is 1.66 bits per heavy atom. The van der Waals surface area contributed by atoms with Gasteiger partial charge in [0.2, 0.25) is 0 Å². The van der Waals surface area contributed by atoms with Gasteiger partial charge < -0.3 is 29.4 Å². The summed E-state index contributed by atoms with van der Waals surface area (Å²) in [6.45, 7) is 9.71. The van der Waals surface area contributed by atoms with Gasteiger partial charge in [0.15, 0.2) is 0 Å². The van der Waals surface area contributed by atoms with Crippen molar-refractivity contribution in [3.05, 3.63) is 24.2 Å². The molecule has 1 aromatic heterocycles. The Hall–Kier alpha value is -3.10. The van der Waals surface area contributed by atoms with Crippen LogP contribution in [0.15, 0.2) is 23.0 Å². The van der Waals surface area contributed by atoms with E-state index in [0.29, 0.717) is 5.41 Å². The van der Waals surface area contributed by atoms with E-state index >= 15 is 0 Å². The topological polar surface area (TPSA) is 144 Å². The number of hydrogen-bond acceptors (Lipinski definition) is 8. The number of hydrogen-bond donors (Lipinski definition) is 3. The Labute approximate surface area is 245 Å². The van der Waals surface area contributed by atoms with Crippen molar-refractivity contribution in [1.82, 2.24) is 14.7 Å². The van der Waals surface area contributed by atoms with Crippen molar-refractivity contribution >= 4 is 17.9 Å². The fourth-order valence-corrected chi connectivity index (χ4v) is 3.74. The molecule has 0 unspecified atom stereocenters. The minimum Gasteiger partial charge on any atom is -0.475 e. The average Bonchev–Trinajstić information content (AvgIpc) is 3.31. The normalized spacial score (nSPS) is 17.6. The second kappa shape index (κ2) is 18.0. The molecule has 0 amide bonds. The molecule has 0 radical (unpaired) electrons. The van der Waals surface area contributed by atoms with Crippen LogP contribution in [0.4, 0.5) is 39.5 Å². The summed E-state index contributed by atoms with van der Waals surface area (Å²) in [7, 11) is 4.30. The summed E-state index contributed by atoms with van der Waals surface area (Å²) in [5.74, 6) is -8.27. The molecule has 3 N–H and O–H groups in total. The summed E-state index contributed by atoms with van der Waals surface area (Å²) in [6.07, 6.45) is -9.14. The molecule has 256 valence electrons. The second-order valence-corrected chi connectivity index (χ2v) is 9.95. The molecule has 2 saturated heterocycles. The Morgan fingerprint density at radius 1 is 0.841 bits per heavy atom. The molecule has 44 heavy (non-hydrogen) atoms. The molecule has 11 nitrogen and oxygen atoms in total. The van der Waals surface area contributed by atoms with Crippen molar-refractivity contribution in [3.63, 3.8) is 0 Å². The van der Waals surface area contributed by atoms with Gasteiger partial charge in [0, 0.05) is 43.7 Å². The number of halogens is 9. The fraction of sp³-hybridized carbons (Fsp3) is 0.708. The van der Waals surface area contributed by atoms with Gasteiger partial charge in [-0.05, 0) is 46.1 Å².